The predicted molar refractivity (Wildman–Crippen MR) is 143 cm³/mol. The number of ketones is 1. The highest BCUT2D eigenvalue weighted by Gasteiger charge is 2.32. The van der Waals surface area contributed by atoms with Gasteiger partial charge in [-0.3, -0.25) is 9.20 Å². The van der Waals surface area contributed by atoms with Crippen LogP contribution in [-0.2, 0) is 17.9 Å². The number of amides is 2. The number of urea groups is 1. The van der Waals surface area contributed by atoms with E-state index in [0.29, 0.717) is 30.8 Å². The maximum absolute atomic E-state index is 13.4. The molecule has 2 amide bonds. The molecule has 0 aliphatic carbocycles. The number of fused-ring (bicyclic) bond motifs is 1. The van der Waals surface area contributed by atoms with Crippen LogP contribution in [0.2, 0.25) is 0 Å². The molecule has 0 unspecified atom stereocenters. The first-order chi connectivity index (χ1) is 18.6. The second kappa shape index (κ2) is 8.77. The van der Waals surface area contributed by atoms with Crippen molar-refractivity contribution in [1.29, 1.82) is 5.26 Å². The van der Waals surface area contributed by atoms with Crippen LogP contribution >= 0.6 is 0 Å². The molecular weight excluding hydrogens is 478 g/mol. The van der Waals surface area contributed by atoms with Gasteiger partial charge in [0.05, 0.1) is 46.9 Å². The van der Waals surface area contributed by atoms with Gasteiger partial charge >= 0.3 is 6.03 Å². The van der Waals surface area contributed by atoms with Gasteiger partial charge in [-0.05, 0) is 49.1 Å². The fraction of sp³-hybridized carbons (Fsp3) is 0.310. The van der Waals surface area contributed by atoms with Crippen molar-refractivity contribution in [3.05, 3.63) is 71.3 Å². The molecule has 0 saturated carbocycles. The maximum atomic E-state index is 13.4. The van der Waals surface area contributed by atoms with Crippen molar-refractivity contribution >= 4 is 39.6 Å². The monoisotopic (exact) mass is 505 g/mol. The molecule has 4 aromatic rings. The number of piperidine rings is 1. The average molecular weight is 506 g/mol. The van der Waals surface area contributed by atoms with Crippen molar-refractivity contribution < 1.29 is 9.59 Å². The van der Waals surface area contributed by atoms with Crippen LogP contribution in [0.3, 0.4) is 0 Å². The second-order valence-electron chi connectivity index (χ2n) is 10.2. The molecule has 38 heavy (non-hydrogen) atoms. The van der Waals surface area contributed by atoms with E-state index in [1.807, 2.05) is 56.9 Å². The molecule has 3 aromatic heterocycles. The topological polar surface area (TPSA) is 98.7 Å². The van der Waals surface area contributed by atoms with Crippen LogP contribution in [0, 0.1) is 11.3 Å². The molecule has 6 heterocycles. The summed E-state index contributed by atoms with van der Waals surface area (Å²) in [5, 5.41) is 14.0. The number of hydrogen-bond donors (Lipinski definition) is 1. The summed E-state index contributed by atoms with van der Waals surface area (Å²) in [5.74, 6) is 0.00723. The molecular formula is C29H27N7O2. The van der Waals surface area contributed by atoms with Gasteiger partial charge in [0, 0.05) is 56.1 Å². The van der Waals surface area contributed by atoms with Gasteiger partial charge in [-0.15, -0.1) is 0 Å². The number of carbonyl (C=O) groups excluding carboxylic acids is 2. The van der Waals surface area contributed by atoms with Crippen LogP contribution in [0.5, 0.6) is 0 Å². The summed E-state index contributed by atoms with van der Waals surface area (Å²) in [5.41, 5.74) is 6.24. The molecule has 0 bridgehead atoms. The predicted octanol–water partition coefficient (Wildman–Crippen LogP) is 3.62. The van der Waals surface area contributed by atoms with E-state index < -0.39 is 0 Å². The van der Waals surface area contributed by atoms with Crippen molar-refractivity contribution in [1.82, 2.24) is 29.1 Å². The van der Waals surface area contributed by atoms with Gasteiger partial charge < -0.3 is 19.7 Å². The van der Waals surface area contributed by atoms with Crippen LogP contribution in [0.15, 0.2) is 48.9 Å². The first kappa shape index (κ1) is 22.6. The number of carbonyl (C=O) groups is 2. The molecule has 1 fully saturated rings. The lowest BCUT2D eigenvalue weighted by atomic mass is 9.97. The number of benzene rings is 1. The highest BCUT2D eigenvalue weighted by atomic mass is 16.2. The van der Waals surface area contributed by atoms with Crippen molar-refractivity contribution in [2.75, 3.05) is 26.2 Å². The minimum atomic E-state index is 0.00723. The Kier molecular flexibility index (Phi) is 5.22. The van der Waals surface area contributed by atoms with Gasteiger partial charge in [0.1, 0.15) is 5.65 Å². The normalized spacial score (nSPS) is 17.7. The summed E-state index contributed by atoms with van der Waals surface area (Å²) in [7, 11) is 0. The van der Waals surface area contributed by atoms with Crippen LogP contribution < -0.4 is 5.32 Å². The first-order valence-electron chi connectivity index (χ1n) is 13.2. The van der Waals surface area contributed by atoms with E-state index in [9.17, 15) is 14.9 Å². The molecule has 9 heteroatoms. The Hall–Kier alpha value is -4.58. The Morgan fingerprint density at radius 2 is 1.92 bits per heavy atom. The van der Waals surface area contributed by atoms with E-state index in [1.165, 1.54) is 6.42 Å². The number of likely N-dealkylation sites (tertiary alicyclic amines) is 1. The highest BCUT2D eigenvalue weighted by Crippen LogP contribution is 2.38. The lowest BCUT2D eigenvalue weighted by Gasteiger charge is -2.32. The molecule has 0 radical (unpaired) electrons. The Bertz CT molecular complexity index is 1700. The van der Waals surface area contributed by atoms with E-state index in [-0.39, 0.29) is 18.4 Å². The molecule has 9 nitrogen and oxygen atoms in total. The zero-order valence-electron chi connectivity index (χ0n) is 21.0. The highest BCUT2D eigenvalue weighted by molar-refractivity contribution is 6.33. The minimum Gasteiger partial charge on any atom is -0.375 e. The van der Waals surface area contributed by atoms with Gasteiger partial charge in [0.2, 0.25) is 0 Å². The van der Waals surface area contributed by atoms with Crippen molar-refractivity contribution in [2.24, 2.45) is 0 Å². The number of nitriles is 1. The van der Waals surface area contributed by atoms with E-state index in [0.717, 1.165) is 65.0 Å². The number of nitrogens with zero attached hydrogens (tertiary/aromatic N) is 6. The van der Waals surface area contributed by atoms with E-state index >= 15 is 0 Å². The van der Waals surface area contributed by atoms with Crippen LogP contribution in [0.4, 0.5) is 4.79 Å². The zero-order chi connectivity index (χ0) is 25.8. The minimum absolute atomic E-state index is 0.00723. The number of pyridine rings is 1. The van der Waals surface area contributed by atoms with Crippen LogP contribution in [0.1, 0.15) is 41.6 Å². The molecule has 1 aromatic carbocycles. The number of imidazole rings is 1. The lowest BCUT2D eigenvalue weighted by molar-refractivity contribution is -0.112. The molecule has 3 aliphatic rings. The van der Waals surface area contributed by atoms with Gasteiger partial charge in [0.25, 0.3) is 0 Å². The molecule has 0 spiro atoms. The van der Waals surface area contributed by atoms with Crippen molar-refractivity contribution in [2.45, 2.75) is 32.4 Å². The van der Waals surface area contributed by atoms with Gasteiger partial charge in [-0.1, -0.05) is 6.07 Å². The number of Topliss-reactive ketones (excluding diaryl/α,β-unsaturated/α-hetero) is 1. The first-order valence-corrected chi connectivity index (χ1v) is 13.2. The third-order valence-electron chi connectivity index (χ3n) is 7.95. The zero-order valence-corrected chi connectivity index (χ0v) is 21.0. The summed E-state index contributed by atoms with van der Waals surface area (Å²) in [6, 6.07) is 11.9. The number of aromatic nitrogens is 3. The van der Waals surface area contributed by atoms with Gasteiger partial charge in [-0.25, -0.2) is 9.78 Å². The lowest BCUT2D eigenvalue weighted by Crippen LogP contribution is -2.45. The number of hydrogen-bond acceptors (Lipinski definition) is 5. The quantitative estimate of drug-likeness (QED) is 0.449. The average Bonchev–Trinajstić information content (AvgIpc) is 3.61. The fourth-order valence-electron chi connectivity index (χ4n) is 6.16. The third-order valence-corrected chi connectivity index (χ3v) is 7.95. The van der Waals surface area contributed by atoms with Gasteiger partial charge in [0.15, 0.2) is 5.78 Å². The molecule has 190 valence electrons. The largest absolute Gasteiger partial charge is 0.375 e. The van der Waals surface area contributed by atoms with E-state index in [4.69, 9.17) is 0 Å². The van der Waals surface area contributed by atoms with Crippen molar-refractivity contribution in [3.63, 3.8) is 0 Å². The summed E-state index contributed by atoms with van der Waals surface area (Å²) in [4.78, 5) is 35.0. The smallest absolute Gasteiger partial charge is 0.320 e. The second-order valence-corrected chi connectivity index (χ2v) is 10.2. The van der Waals surface area contributed by atoms with E-state index in [2.05, 4.69) is 20.9 Å². The van der Waals surface area contributed by atoms with Crippen molar-refractivity contribution in [3.8, 4) is 6.07 Å². The Morgan fingerprint density at radius 3 is 2.76 bits per heavy atom. The molecule has 0 atom stereocenters. The standard InChI is InChI=1S/C29H27N7O2/c30-14-19-12-20-17-35(29(38)33-7-3-1-4-8-33)11-10-34-18-22(21(13-19)28(20)34)26-24(37)16-32-27(26)23-15-31-25-6-2-5-9-36(23)25/h2,5-6,9,12-13,15,18,32H,1,3-4,7-8,10-11,16-17H2. The summed E-state index contributed by atoms with van der Waals surface area (Å²) in [6.07, 6.45) is 9.01. The van der Waals surface area contributed by atoms with Gasteiger partial charge in [-0.2, -0.15) is 5.26 Å². The Morgan fingerprint density at radius 1 is 1.05 bits per heavy atom. The fourth-order valence-corrected chi connectivity index (χ4v) is 6.16. The van der Waals surface area contributed by atoms with Crippen LogP contribution in [0.25, 0.3) is 27.8 Å². The molecule has 1 N–H and O–H groups in total. The summed E-state index contributed by atoms with van der Waals surface area (Å²) in [6.45, 7) is 3.44. The Balaban J connectivity index is 1.37. The number of nitrogens with one attached hydrogen (secondary N) is 1. The molecule has 1 saturated heterocycles. The maximum Gasteiger partial charge on any atom is 0.320 e. The molecule has 7 rings (SSSR count). The Labute approximate surface area is 219 Å². The summed E-state index contributed by atoms with van der Waals surface area (Å²) >= 11 is 0. The SMILES string of the molecule is N#Cc1cc2c3c(c1)c(C1=C(c4cnc5ccccn45)NCC1=O)cn3CCN(C(=O)N1CCCCC1)C2. The third kappa shape index (κ3) is 3.48. The molecule has 3 aliphatic heterocycles. The summed E-state index contributed by atoms with van der Waals surface area (Å²) < 4.78 is 4.12. The van der Waals surface area contributed by atoms with E-state index in [1.54, 1.807) is 6.20 Å². The number of rotatable bonds is 2. The van der Waals surface area contributed by atoms with Crippen LogP contribution in [-0.4, -0.2) is 61.7 Å².